The maximum atomic E-state index is 10.9. The number of rotatable bonds is 0. The molecule has 1 unspecified atom stereocenters. The molecular weight excluding hydrogens is 134 g/mol. The summed E-state index contributed by atoms with van der Waals surface area (Å²) in [4.78, 5) is 13.0. The Bertz CT molecular complexity index is 178. The van der Waals surface area contributed by atoms with E-state index in [1.165, 1.54) is 0 Å². The molecule has 2 heterocycles. The zero-order valence-corrected chi connectivity index (χ0v) is 5.73. The average molecular weight is 141 g/mol. The Kier molecular flexibility index (Phi) is 1.05. The number of hydrogen-bond donors (Lipinski definition) is 0. The highest BCUT2D eigenvalue weighted by Crippen LogP contribution is 2.25. The van der Waals surface area contributed by atoms with Gasteiger partial charge < -0.3 is 4.90 Å². The fourth-order valence-corrected chi connectivity index (χ4v) is 2.29. The normalized spacial score (nSPS) is 31.8. The predicted molar refractivity (Wildman–Crippen MR) is 37.1 cm³/mol. The molecule has 0 bridgehead atoms. The van der Waals surface area contributed by atoms with Crippen molar-refractivity contribution in [2.24, 2.45) is 0 Å². The van der Waals surface area contributed by atoms with Crippen LogP contribution in [0.2, 0.25) is 0 Å². The van der Waals surface area contributed by atoms with E-state index in [0.29, 0.717) is 0 Å². The van der Waals surface area contributed by atoms with Gasteiger partial charge in [-0.25, -0.2) is 0 Å². The number of nitrogens with zero attached hydrogens (tertiary/aromatic N) is 1. The molecule has 0 amide bonds. The minimum Gasteiger partial charge on any atom is -0.357 e. The zero-order chi connectivity index (χ0) is 6.27. The third kappa shape index (κ3) is 0.678. The van der Waals surface area contributed by atoms with Gasteiger partial charge in [-0.15, -0.1) is 11.8 Å². The topological polar surface area (TPSA) is 20.3 Å². The lowest BCUT2D eigenvalue weighted by molar-refractivity contribution is -0.116. The van der Waals surface area contributed by atoms with E-state index >= 15 is 0 Å². The van der Waals surface area contributed by atoms with Crippen molar-refractivity contribution in [3.63, 3.8) is 0 Å². The Morgan fingerprint density at radius 2 is 2.67 bits per heavy atom. The molecule has 0 aliphatic carbocycles. The van der Waals surface area contributed by atoms with Crippen molar-refractivity contribution in [2.45, 2.75) is 6.04 Å². The number of ketones is 1. The van der Waals surface area contributed by atoms with Crippen LogP contribution in [0.4, 0.5) is 0 Å². The highest BCUT2D eigenvalue weighted by molar-refractivity contribution is 7.99. The van der Waals surface area contributed by atoms with Crippen LogP contribution in [0.25, 0.3) is 0 Å². The first-order valence-electron chi connectivity index (χ1n) is 2.93. The third-order valence-corrected chi connectivity index (χ3v) is 2.71. The number of carbonyl (C=O) groups excluding carboxylic acids is 1. The summed E-state index contributed by atoms with van der Waals surface area (Å²) in [6.07, 6.45) is 3.57. The average Bonchev–Trinajstić information content (AvgIpc) is 2.35. The minimum atomic E-state index is 0.190. The van der Waals surface area contributed by atoms with Crippen LogP contribution in [0.15, 0.2) is 12.3 Å². The van der Waals surface area contributed by atoms with Crippen LogP contribution in [0.1, 0.15) is 0 Å². The summed E-state index contributed by atoms with van der Waals surface area (Å²) in [6, 6.07) is 0.190. The van der Waals surface area contributed by atoms with E-state index in [-0.39, 0.29) is 11.8 Å². The maximum Gasteiger partial charge on any atom is 0.180 e. The van der Waals surface area contributed by atoms with Gasteiger partial charge in [0, 0.05) is 12.0 Å². The van der Waals surface area contributed by atoms with Gasteiger partial charge in [0.25, 0.3) is 0 Å². The van der Waals surface area contributed by atoms with Gasteiger partial charge in [-0.05, 0) is 6.08 Å². The molecule has 2 aliphatic heterocycles. The molecule has 0 aromatic carbocycles. The smallest absolute Gasteiger partial charge is 0.180 e. The third-order valence-electron chi connectivity index (χ3n) is 1.68. The summed E-state index contributed by atoms with van der Waals surface area (Å²) in [6.45, 7) is 0. The van der Waals surface area contributed by atoms with Crippen LogP contribution in [0.5, 0.6) is 0 Å². The standard InChI is InChI=1S/C6H7NOS/c8-6-1-2-7-4-9-3-5(6)7/h1-2,5H,3-4H2. The summed E-state index contributed by atoms with van der Waals surface area (Å²) in [5.41, 5.74) is 0. The maximum absolute atomic E-state index is 10.9. The zero-order valence-electron chi connectivity index (χ0n) is 4.91. The molecule has 9 heavy (non-hydrogen) atoms. The van der Waals surface area contributed by atoms with E-state index in [1.54, 1.807) is 6.08 Å². The monoisotopic (exact) mass is 141 g/mol. The number of fused-ring (bicyclic) bond motifs is 1. The predicted octanol–water partition coefficient (Wildman–Crippen LogP) is 0.458. The highest BCUT2D eigenvalue weighted by atomic mass is 32.2. The summed E-state index contributed by atoms with van der Waals surface area (Å²) < 4.78 is 0. The van der Waals surface area contributed by atoms with Crippen molar-refractivity contribution < 1.29 is 4.79 Å². The molecule has 0 saturated carbocycles. The van der Waals surface area contributed by atoms with Crippen LogP contribution >= 0.6 is 11.8 Å². The van der Waals surface area contributed by atoms with Crippen LogP contribution in [-0.4, -0.2) is 28.4 Å². The van der Waals surface area contributed by atoms with Crippen molar-refractivity contribution in [3.05, 3.63) is 12.3 Å². The van der Waals surface area contributed by atoms with Crippen LogP contribution in [-0.2, 0) is 4.79 Å². The Hall–Kier alpha value is -0.440. The minimum absolute atomic E-state index is 0.190. The molecule has 0 spiro atoms. The van der Waals surface area contributed by atoms with Gasteiger partial charge in [0.05, 0.1) is 5.88 Å². The molecule has 2 nitrogen and oxygen atoms in total. The summed E-state index contributed by atoms with van der Waals surface area (Å²) in [7, 11) is 0. The molecular formula is C6H7NOS. The fraction of sp³-hybridized carbons (Fsp3) is 0.500. The lowest BCUT2D eigenvalue weighted by Gasteiger charge is -2.11. The second-order valence-electron chi connectivity index (χ2n) is 2.25. The first-order chi connectivity index (χ1) is 4.38. The van der Waals surface area contributed by atoms with Crippen LogP contribution in [0, 0.1) is 0 Å². The molecule has 48 valence electrons. The van der Waals surface area contributed by atoms with Crippen molar-refractivity contribution in [1.29, 1.82) is 0 Å². The Balaban J connectivity index is 2.24. The molecule has 1 saturated heterocycles. The molecule has 1 fully saturated rings. The Labute approximate surface area is 57.9 Å². The summed E-state index contributed by atoms with van der Waals surface area (Å²) in [5, 5.41) is 0. The second kappa shape index (κ2) is 1.77. The number of thioether (sulfide) groups is 1. The summed E-state index contributed by atoms with van der Waals surface area (Å²) in [5.74, 6) is 2.25. The van der Waals surface area contributed by atoms with Crippen molar-refractivity contribution >= 4 is 17.5 Å². The van der Waals surface area contributed by atoms with Crippen molar-refractivity contribution in [2.75, 3.05) is 11.6 Å². The molecule has 2 rings (SSSR count). The second-order valence-corrected chi connectivity index (χ2v) is 3.25. The lowest BCUT2D eigenvalue weighted by Crippen LogP contribution is -2.27. The van der Waals surface area contributed by atoms with Crippen LogP contribution in [0.3, 0.4) is 0 Å². The van der Waals surface area contributed by atoms with E-state index in [0.717, 1.165) is 11.6 Å². The van der Waals surface area contributed by atoms with Crippen molar-refractivity contribution in [1.82, 2.24) is 4.90 Å². The quantitative estimate of drug-likeness (QED) is 0.488. The molecule has 2 aliphatic rings. The lowest BCUT2D eigenvalue weighted by atomic mass is 10.2. The Morgan fingerprint density at radius 1 is 1.78 bits per heavy atom. The largest absolute Gasteiger partial charge is 0.357 e. The number of hydrogen-bond acceptors (Lipinski definition) is 3. The molecule has 0 aromatic rings. The SMILES string of the molecule is O=C1C=CN2CSCC12. The van der Waals surface area contributed by atoms with Gasteiger partial charge in [-0.3, -0.25) is 4.79 Å². The van der Waals surface area contributed by atoms with Crippen molar-refractivity contribution in [3.8, 4) is 0 Å². The molecule has 0 radical (unpaired) electrons. The van der Waals surface area contributed by atoms with E-state index in [2.05, 4.69) is 4.90 Å². The molecule has 3 heteroatoms. The van der Waals surface area contributed by atoms with Gasteiger partial charge in [-0.2, -0.15) is 0 Å². The van der Waals surface area contributed by atoms with E-state index in [9.17, 15) is 4.79 Å². The molecule has 0 N–H and O–H groups in total. The first-order valence-corrected chi connectivity index (χ1v) is 4.09. The van der Waals surface area contributed by atoms with E-state index < -0.39 is 0 Å². The number of carbonyl (C=O) groups is 1. The van der Waals surface area contributed by atoms with Gasteiger partial charge in [-0.1, -0.05) is 0 Å². The summed E-state index contributed by atoms with van der Waals surface area (Å²) >= 11 is 1.82. The van der Waals surface area contributed by atoms with Gasteiger partial charge >= 0.3 is 0 Å². The van der Waals surface area contributed by atoms with Gasteiger partial charge in [0.15, 0.2) is 5.78 Å². The highest BCUT2D eigenvalue weighted by Gasteiger charge is 2.31. The van der Waals surface area contributed by atoms with E-state index in [4.69, 9.17) is 0 Å². The van der Waals surface area contributed by atoms with Crippen LogP contribution < -0.4 is 0 Å². The molecule has 1 atom stereocenters. The molecule has 0 aromatic heterocycles. The Morgan fingerprint density at radius 3 is 3.44 bits per heavy atom. The van der Waals surface area contributed by atoms with E-state index in [1.807, 2.05) is 18.0 Å². The fourth-order valence-electron chi connectivity index (χ4n) is 1.13. The first kappa shape index (κ1) is 5.35. The van der Waals surface area contributed by atoms with Gasteiger partial charge in [0.2, 0.25) is 0 Å². The van der Waals surface area contributed by atoms with Gasteiger partial charge in [0.1, 0.15) is 6.04 Å².